The van der Waals surface area contributed by atoms with Crippen molar-refractivity contribution in [3.05, 3.63) is 0 Å². The average molecular weight is 1270 g/mol. The third kappa shape index (κ3) is 60.9. The number of hydrogen-bond acceptors (Lipinski definition) is 15. The molecular weight excluding hydrogens is 1140 g/mol. The molecule has 3 N–H and O–H groups in total. The minimum atomic E-state index is -4.95. The van der Waals surface area contributed by atoms with Gasteiger partial charge in [-0.3, -0.25) is 37.3 Å². The topological polar surface area (TPSA) is 237 Å². The number of carbonyl (C=O) groups is 4. The maximum absolute atomic E-state index is 13.0. The van der Waals surface area contributed by atoms with E-state index < -0.39 is 97.5 Å². The Kier molecular flexibility index (Phi) is 56.9. The molecule has 0 rings (SSSR count). The van der Waals surface area contributed by atoms with Crippen LogP contribution in [-0.4, -0.2) is 96.7 Å². The van der Waals surface area contributed by atoms with Gasteiger partial charge in [-0.1, -0.05) is 280 Å². The third-order valence-electron chi connectivity index (χ3n) is 15.4. The van der Waals surface area contributed by atoms with Gasteiger partial charge in [-0.2, -0.15) is 0 Å². The summed E-state index contributed by atoms with van der Waals surface area (Å²) in [6.07, 6.45) is 40.5. The van der Waals surface area contributed by atoms with E-state index >= 15 is 0 Å². The fourth-order valence-corrected chi connectivity index (χ4v) is 11.6. The third-order valence-corrected chi connectivity index (χ3v) is 17.3. The normalized spacial score (nSPS) is 14.3. The van der Waals surface area contributed by atoms with E-state index in [0.717, 1.165) is 120 Å². The van der Waals surface area contributed by atoms with Crippen LogP contribution >= 0.6 is 15.6 Å². The average Bonchev–Trinajstić information content (AvgIpc) is 3.52. The second-order valence-electron chi connectivity index (χ2n) is 25.6. The van der Waals surface area contributed by atoms with Crippen molar-refractivity contribution in [1.82, 2.24) is 0 Å². The van der Waals surface area contributed by atoms with Crippen LogP contribution in [-0.2, 0) is 65.4 Å². The Morgan fingerprint density at radius 3 is 0.791 bits per heavy atom. The number of aliphatic hydroxyl groups excluding tert-OH is 1. The zero-order valence-corrected chi connectivity index (χ0v) is 57.6. The van der Waals surface area contributed by atoms with Crippen molar-refractivity contribution in [2.45, 2.75) is 349 Å². The molecule has 0 spiro atoms. The van der Waals surface area contributed by atoms with Crippen LogP contribution in [0, 0.1) is 17.8 Å². The smallest absolute Gasteiger partial charge is 0.462 e. The van der Waals surface area contributed by atoms with Crippen molar-refractivity contribution in [1.29, 1.82) is 0 Å². The molecule has 0 aliphatic rings. The highest BCUT2D eigenvalue weighted by Crippen LogP contribution is 2.45. The molecule has 19 heteroatoms. The van der Waals surface area contributed by atoms with E-state index in [1.54, 1.807) is 0 Å². The minimum Gasteiger partial charge on any atom is -0.462 e. The zero-order valence-electron chi connectivity index (χ0n) is 55.8. The van der Waals surface area contributed by atoms with Gasteiger partial charge >= 0.3 is 39.5 Å². The second-order valence-corrected chi connectivity index (χ2v) is 28.5. The van der Waals surface area contributed by atoms with E-state index in [2.05, 4.69) is 48.5 Å². The van der Waals surface area contributed by atoms with E-state index in [-0.39, 0.29) is 25.7 Å². The van der Waals surface area contributed by atoms with Gasteiger partial charge in [-0.15, -0.1) is 0 Å². The molecule has 0 amide bonds. The van der Waals surface area contributed by atoms with Gasteiger partial charge in [-0.25, -0.2) is 9.13 Å². The lowest BCUT2D eigenvalue weighted by atomic mass is 10.0. The molecule has 0 bridgehead atoms. The molecule has 0 aromatic carbocycles. The highest BCUT2D eigenvalue weighted by molar-refractivity contribution is 7.47. The Balaban J connectivity index is 5.21. The molecule has 0 fully saturated rings. The van der Waals surface area contributed by atoms with Crippen LogP contribution in [0.25, 0.3) is 0 Å². The second kappa shape index (κ2) is 58.2. The summed E-state index contributed by atoms with van der Waals surface area (Å²) in [5, 5.41) is 10.5. The van der Waals surface area contributed by atoms with Gasteiger partial charge in [0.15, 0.2) is 12.2 Å². The molecule has 0 radical (unpaired) electrons. The monoisotopic (exact) mass is 1270 g/mol. The van der Waals surface area contributed by atoms with Crippen LogP contribution in [0.4, 0.5) is 0 Å². The summed E-state index contributed by atoms with van der Waals surface area (Å²) in [4.78, 5) is 72.3. The van der Waals surface area contributed by atoms with Crippen molar-refractivity contribution in [2.24, 2.45) is 17.8 Å². The Morgan fingerprint density at radius 2 is 0.535 bits per heavy atom. The molecular formula is C67H130O17P2. The number of aliphatic hydroxyl groups is 1. The number of unbranched alkanes of at least 4 members (excludes halogenated alkanes) is 33. The van der Waals surface area contributed by atoms with Crippen molar-refractivity contribution < 1.29 is 80.2 Å². The fourth-order valence-electron chi connectivity index (χ4n) is 10.0. The first-order valence-corrected chi connectivity index (χ1v) is 37.8. The highest BCUT2D eigenvalue weighted by Gasteiger charge is 2.30. The van der Waals surface area contributed by atoms with Crippen LogP contribution < -0.4 is 0 Å². The Bertz CT molecular complexity index is 1700. The van der Waals surface area contributed by atoms with E-state index in [1.165, 1.54) is 128 Å². The van der Waals surface area contributed by atoms with E-state index in [1.807, 2.05) is 0 Å². The standard InChI is InChI=1S/C67H130O17P2/c1-8-9-10-11-24-34-41-48-64(69)77-54-62(84-67(72)51-44-37-30-23-22-27-33-40-47-60(6)7)56-81-85(73,74)79-52-61(68)53-80-86(75,76)82-57-63(55-78-65(70)49-42-35-28-21-17-19-26-32-39-46-59(4)5)83-66(71)50-43-36-29-20-16-14-12-13-15-18-25-31-38-45-58(2)3/h58-63,68H,8-57H2,1-7H3,(H,73,74)(H,75,76)/t61-,62+,63+/m0/s1. The van der Waals surface area contributed by atoms with Crippen LogP contribution in [0.3, 0.4) is 0 Å². The Morgan fingerprint density at radius 1 is 0.314 bits per heavy atom. The summed E-state index contributed by atoms with van der Waals surface area (Å²) in [6.45, 7) is 11.7. The molecule has 2 unspecified atom stereocenters. The number of phosphoric ester groups is 2. The molecule has 0 aliphatic carbocycles. The van der Waals surface area contributed by atoms with Gasteiger partial charge in [0, 0.05) is 25.7 Å². The predicted molar refractivity (Wildman–Crippen MR) is 344 cm³/mol. The van der Waals surface area contributed by atoms with Gasteiger partial charge in [0.1, 0.15) is 19.3 Å². The van der Waals surface area contributed by atoms with Crippen LogP contribution in [0.2, 0.25) is 0 Å². The van der Waals surface area contributed by atoms with Crippen molar-refractivity contribution in [3.8, 4) is 0 Å². The fraction of sp³-hybridized carbons (Fsp3) is 0.940. The summed E-state index contributed by atoms with van der Waals surface area (Å²) in [5.74, 6) is 0.113. The molecule has 0 aromatic heterocycles. The molecule has 5 atom stereocenters. The van der Waals surface area contributed by atoms with E-state index in [0.29, 0.717) is 25.7 Å². The van der Waals surface area contributed by atoms with Crippen LogP contribution in [0.15, 0.2) is 0 Å². The Labute approximate surface area is 524 Å². The van der Waals surface area contributed by atoms with Gasteiger partial charge in [-0.05, 0) is 43.4 Å². The molecule has 0 saturated heterocycles. The molecule has 86 heavy (non-hydrogen) atoms. The van der Waals surface area contributed by atoms with Crippen LogP contribution in [0.1, 0.15) is 331 Å². The summed E-state index contributed by atoms with van der Waals surface area (Å²) in [5.41, 5.74) is 0. The molecule has 0 aliphatic heterocycles. The molecule has 510 valence electrons. The Hall–Kier alpha value is -1.94. The summed E-state index contributed by atoms with van der Waals surface area (Å²) in [6, 6.07) is 0. The van der Waals surface area contributed by atoms with Gasteiger partial charge < -0.3 is 33.8 Å². The molecule has 0 saturated carbocycles. The number of hydrogen-bond donors (Lipinski definition) is 3. The predicted octanol–water partition coefficient (Wildman–Crippen LogP) is 18.7. The number of esters is 4. The maximum Gasteiger partial charge on any atom is 0.472 e. The lowest BCUT2D eigenvalue weighted by Crippen LogP contribution is -2.30. The minimum absolute atomic E-state index is 0.104. The lowest BCUT2D eigenvalue weighted by Gasteiger charge is -2.21. The number of rotatable bonds is 65. The molecule has 0 aromatic rings. The first kappa shape index (κ1) is 84.1. The largest absolute Gasteiger partial charge is 0.472 e. The van der Waals surface area contributed by atoms with Gasteiger partial charge in [0.05, 0.1) is 26.4 Å². The molecule has 0 heterocycles. The SMILES string of the molecule is CCCCCCCCCC(=O)OC[C@H](COP(=O)(O)OC[C@H](O)COP(=O)(O)OC[C@@H](COC(=O)CCCCCCCCCCCC(C)C)OC(=O)CCCCCCCCCCCCCCCC(C)C)OC(=O)CCCCCCCCCCC(C)C. The van der Waals surface area contributed by atoms with Gasteiger partial charge in [0.25, 0.3) is 0 Å². The summed E-state index contributed by atoms with van der Waals surface area (Å²) < 4.78 is 68.0. The maximum atomic E-state index is 13.0. The van der Waals surface area contributed by atoms with E-state index in [4.69, 9.17) is 37.0 Å². The van der Waals surface area contributed by atoms with Crippen molar-refractivity contribution in [2.75, 3.05) is 39.6 Å². The summed E-state index contributed by atoms with van der Waals surface area (Å²) in [7, 11) is -9.89. The number of ether oxygens (including phenoxy) is 4. The van der Waals surface area contributed by atoms with E-state index in [9.17, 15) is 43.2 Å². The molecule has 17 nitrogen and oxygen atoms in total. The number of carbonyl (C=O) groups excluding carboxylic acids is 4. The zero-order chi connectivity index (χ0) is 63.8. The quantitative estimate of drug-likeness (QED) is 0.0222. The number of phosphoric acid groups is 2. The lowest BCUT2D eigenvalue weighted by molar-refractivity contribution is -0.161. The summed E-state index contributed by atoms with van der Waals surface area (Å²) >= 11 is 0. The van der Waals surface area contributed by atoms with Gasteiger partial charge in [0.2, 0.25) is 0 Å². The van der Waals surface area contributed by atoms with Crippen LogP contribution in [0.5, 0.6) is 0 Å². The van der Waals surface area contributed by atoms with Crippen molar-refractivity contribution in [3.63, 3.8) is 0 Å². The van der Waals surface area contributed by atoms with Crippen molar-refractivity contribution >= 4 is 39.5 Å². The first-order valence-electron chi connectivity index (χ1n) is 34.8. The first-order chi connectivity index (χ1) is 41.2. The highest BCUT2D eigenvalue weighted by atomic mass is 31.2.